The first kappa shape index (κ1) is 17.0. The van der Waals surface area contributed by atoms with Gasteiger partial charge in [0.05, 0.1) is 6.10 Å². The van der Waals surface area contributed by atoms with Crippen LogP contribution >= 0.6 is 0 Å². The zero-order valence-corrected chi connectivity index (χ0v) is 13.1. The van der Waals surface area contributed by atoms with E-state index in [4.69, 9.17) is 5.73 Å². The van der Waals surface area contributed by atoms with Gasteiger partial charge in [0.25, 0.3) is 0 Å². The van der Waals surface area contributed by atoms with Gasteiger partial charge in [0.2, 0.25) is 5.91 Å². The fraction of sp³-hybridized carbons (Fsp3) is 0.278. The predicted molar refractivity (Wildman–Crippen MR) is 89.0 cm³/mol. The van der Waals surface area contributed by atoms with Crippen molar-refractivity contribution in [2.24, 2.45) is 5.73 Å². The molecule has 2 aromatic carbocycles. The summed E-state index contributed by atoms with van der Waals surface area (Å²) >= 11 is 0. The van der Waals surface area contributed by atoms with Crippen LogP contribution in [0.2, 0.25) is 0 Å². The minimum Gasteiger partial charge on any atom is -0.508 e. The number of aromatic hydroxyl groups is 1. The number of carbonyl (C=O) groups excluding carboxylic acids is 1. The average Bonchev–Trinajstić information content (AvgIpc) is 2.54. The van der Waals surface area contributed by atoms with Crippen LogP contribution in [0.1, 0.15) is 34.5 Å². The number of rotatable bonds is 7. The van der Waals surface area contributed by atoms with Gasteiger partial charge in [-0.3, -0.25) is 9.69 Å². The SMILES string of the molecule is CCN(Cc1ccc(C(N)=O)cc1)C[C@H](O)c1cccc(O)c1. The van der Waals surface area contributed by atoms with Crippen LogP contribution in [0.25, 0.3) is 0 Å². The number of nitrogens with two attached hydrogens (primary N) is 1. The van der Waals surface area contributed by atoms with E-state index in [1.165, 1.54) is 0 Å². The van der Waals surface area contributed by atoms with Gasteiger partial charge in [-0.2, -0.15) is 0 Å². The Morgan fingerprint density at radius 1 is 1.22 bits per heavy atom. The number of nitrogens with zero attached hydrogens (tertiary/aromatic N) is 1. The number of hydrogen-bond acceptors (Lipinski definition) is 4. The number of hydrogen-bond donors (Lipinski definition) is 3. The Balaban J connectivity index is 2.00. The number of phenols is 1. The first-order valence-corrected chi connectivity index (χ1v) is 7.57. The predicted octanol–water partition coefficient (Wildman–Crippen LogP) is 2.05. The van der Waals surface area contributed by atoms with Crippen molar-refractivity contribution in [1.82, 2.24) is 4.90 Å². The Labute approximate surface area is 136 Å². The van der Waals surface area contributed by atoms with Crippen LogP contribution in [0.15, 0.2) is 48.5 Å². The number of aliphatic hydroxyl groups excluding tert-OH is 1. The first-order chi connectivity index (χ1) is 11.0. The molecule has 5 nitrogen and oxygen atoms in total. The molecule has 0 radical (unpaired) electrons. The van der Waals surface area contributed by atoms with Crippen LogP contribution in [-0.2, 0) is 6.54 Å². The lowest BCUT2D eigenvalue weighted by Gasteiger charge is -2.24. The Hall–Kier alpha value is -2.37. The number of amides is 1. The van der Waals surface area contributed by atoms with Crippen LogP contribution in [0.3, 0.4) is 0 Å². The second kappa shape index (κ2) is 7.76. The molecule has 1 atom stereocenters. The van der Waals surface area contributed by atoms with Crippen molar-refractivity contribution in [3.8, 4) is 5.75 Å². The summed E-state index contributed by atoms with van der Waals surface area (Å²) < 4.78 is 0. The standard InChI is InChI=1S/C18H22N2O3/c1-2-20(11-13-6-8-14(9-7-13)18(19)23)12-17(22)15-4-3-5-16(21)10-15/h3-10,17,21-22H,2,11-12H2,1H3,(H2,19,23)/t17-/m0/s1. The summed E-state index contributed by atoms with van der Waals surface area (Å²) in [6.07, 6.45) is -0.674. The van der Waals surface area contributed by atoms with Gasteiger partial charge in [-0.25, -0.2) is 0 Å². The summed E-state index contributed by atoms with van der Waals surface area (Å²) in [7, 11) is 0. The van der Waals surface area contributed by atoms with Crippen molar-refractivity contribution in [1.29, 1.82) is 0 Å². The van der Waals surface area contributed by atoms with Crippen LogP contribution in [0, 0.1) is 0 Å². The lowest BCUT2D eigenvalue weighted by molar-refractivity contribution is 0.100. The molecule has 0 spiro atoms. The first-order valence-electron chi connectivity index (χ1n) is 7.57. The summed E-state index contributed by atoms with van der Waals surface area (Å²) in [4.78, 5) is 13.2. The molecular formula is C18H22N2O3. The molecule has 0 unspecified atom stereocenters. The maximum absolute atomic E-state index is 11.1. The monoisotopic (exact) mass is 314 g/mol. The van der Waals surface area contributed by atoms with Crippen LogP contribution in [-0.4, -0.2) is 34.1 Å². The van der Waals surface area contributed by atoms with Crippen molar-refractivity contribution in [2.75, 3.05) is 13.1 Å². The van der Waals surface area contributed by atoms with Crippen LogP contribution in [0.4, 0.5) is 0 Å². The molecular weight excluding hydrogens is 292 g/mol. The van der Waals surface area contributed by atoms with Gasteiger partial charge >= 0.3 is 0 Å². The zero-order chi connectivity index (χ0) is 16.8. The summed E-state index contributed by atoms with van der Waals surface area (Å²) in [5, 5.41) is 19.8. The molecule has 1 amide bonds. The molecule has 0 bridgehead atoms. The lowest BCUT2D eigenvalue weighted by Crippen LogP contribution is -2.28. The van der Waals surface area contributed by atoms with Gasteiger partial charge in [-0.05, 0) is 41.9 Å². The maximum atomic E-state index is 11.1. The molecule has 2 rings (SSSR count). The second-order valence-corrected chi connectivity index (χ2v) is 5.50. The smallest absolute Gasteiger partial charge is 0.248 e. The molecule has 0 aliphatic rings. The average molecular weight is 314 g/mol. The minimum atomic E-state index is -0.674. The fourth-order valence-electron chi connectivity index (χ4n) is 2.42. The largest absolute Gasteiger partial charge is 0.508 e. The minimum absolute atomic E-state index is 0.145. The van der Waals surface area contributed by atoms with Gasteiger partial charge in [-0.15, -0.1) is 0 Å². The number of carbonyl (C=O) groups is 1. The molecule has 0 aliphatic carbocycles. The zero-order valence-electron chi connectivity index (χ0n) is 13.1. The third kappa shape index (κ3) is 4.81. The van der Waals surface area contributed by atoms with E-state index < -0.39 is 12.0 Å². The van der Waals surface area contributed by atoms with E-state index in [1.807, 2.05) is 19.1 Å². The number of aliphatic hydroxyl groups is 1. The van der Waals surface area contributed by atoms with E-state index in [2.05, 4.69) is 4.90 Å². The van der Waals surface area contributed by atoms with Gasteiger partial charge in [0.1, 0.15) is 5.75 Å². The van der Waals surface area contributed by atoms with Crippen molar-refractivity contribution in [2.45, 2.75) is 19.6 Å². The Kier molecular flexibility index (Phi) is 5.73. The van der Waals surface area contributed by atoms with Gasteiger partial charge < -0.3 is 15.9 Å². The molecule has 122 valence electrons. The van der Waals surface area contributed by atoms with Gasteiger partial charge in [-0.1, -0.05) is 31.2 Å². The highest BCUT2D eigenvalue weighted by atomic mass is 16.3. The summed E-state index contributed by atoms with van der Waals surface area (Å²) in [5.74, 6) is -0.296. The molecule has 5 heteroatoms. The van der Waals surface area contributed by atoms with Gasteiger partial charge in [0, 0.05) is 18.7 Å². The maximum Gasteiger partial charge on any atom is 0.248 e. The molecule has 0 saturated carbocycles. The normalized spacial score (nSPS) is 12.3. The van der Waals surface area contributed by atoms with E-state index in [0.29, 0.717) is 24.2 Å². The van der Waals surface area contributed by atoms with E-state index >= 15 is 0 Å². The third-order valence-electron chi connectivity index (χ3n) is 3.78. The molecule has 0 saturated heterocycles. The third-order valence-corrected chi connectivity index (χ3v) is 3.78. The van der Waals surface area contributed by atoms with Crippen molar-refractivity contribution >= 4 is 5.91 Å². The van der Waals surface area contributed by atoms with Crippen LogP contribution < -0.4 is 5.73 Å². The Morgan fingerprint density at radius 2 is 1.91 bits per heavy atom. The van der Waals surface area contributed by atoms with Crippen molar-refractivity contribution < 1.29 is 15.0 Å². The molecule has 4 N–H and O–H groups in total. The number of primary amides is 1. The van der Waals surface area contributed by atoms with Gasteiger partial charge in [0.15, 0.2) is 0 Å². The Morgan fingerprint density at radius 3 is 2.48 bits per heavy atom. The summed E-state index contributed by atoms with van der Waals surface area (Å²) in [5.41, 5.74) is 7.44. The molecule has 0 heterocycles. The molecule has 0 aliphatic heterocycles. The van der Waals surface area contributed by atoms with Crippen LogP contribution in [0.5, 0.6) is 5.75 Å². The van der Waals surface area contributed by atoms with Crippen molar-refractivity contribution in [3.63, 3.8) is 0 Å². The molecule has 23 heavy (non-hydrogen) atoms. The highest BCUT2D eigenvalue weighted by Gasteiger charge is 2.13. The molecule has 0 fully saturated rings. The highest BCUT2D eigenvalue weighted by molar-refractivity contribution is 5.92. The fourth-order valence-corrected chi connectivity index (χ4v) is 2.42. The van der Waals surface area contributed by atoms with E-state index in [9.17, 15) is 15.0 Å². The number of phenolic OH excluding ortho intramolecular Hbond substituents is 1. The van der Waals surface area contributed by atoms with Crippen molar-refractivity contribution in [3.05, 3.63) is 65.2 Å². The molecule has 2 aromatic rings. The lowest BCUT2D eigenvalue weighted by atomic mass is 10.1. The Bertz CT molecular complexity index is 656. The summed E-state index contributed by atoms with van der Waals surface area (Å²) in [6, 6.07) is 13.8. The quantitative estimate of drug-likeness (QED) is 0.730. The van der Waals surface area contributed by atoms with E-state index in [0.717, 1.165) is 12.1 Å². The van der Waals surface area contributed by atoms with E-state index in [-0.39, 0.29) is 5.75 Å². The van der Waals surface area contributed by atoms with E-state index in [1.54, 1.807) is 36.4 Å². The highest BCUT2D eigenvalue weighted by Crippen LogP contribution is 2.20. The topological polar surface area (TPSA) is 86.8 Å². The molecule has 0 aromatic heterocycles. The number of benzene rings is 2. The number of likely N-dealkylation sites (N-methyl/N-ethyl adjacent to an activating group) is 1. The summed E-state index contributed by atoms with van der Waals surface area (Å²) in [6.45, 7) is 3.91. The second-order valence-electron chi connectivity index (χ2n) is 5.50.